The molecule has 5 heteroatoms. The Kier molecular flexibility index (Phi) is 5.86. The Hall–Kier alpha value is -2.69. The number of hydrogen-bond donors (Lipinski definition) is 2. The van der Waals surface area contributed by atoms with E-state index in [9.17, 15) is 9.59 Å². The number of aryl methyl sites for hydroxylation is 1. The zero-order chi connectivity index (χ0) is 16.7. The van der Waals surface area contributed by atoms with Crippen LogP contribution in [0.2, 0.25) is 0 Å². The molecule has 1 aromatic heterocycles. The smallest absolute Gasteiger partial charge is 0.226 e. The molecule has 2 rings (SSSR count). The summed E-state index contributed by atoms with van der Waals surface area (Å²) in [4.78, 5) is 27.8. The van der Waals surface area contributed by atoms with Gasteiger partial charge in [-0.05, 0) is 37.1 Å². The Morgan fingerprint density at radius 1 is 1.09 bits per heavy atom. The second-order valence-electron chi connectivity index (χ2n) is 5.47. The maximum absolute atomic E-state index is 11.9. The first-order valence-corrected chi connectivity index (χ1v) is 7.61. The van der Waals surface area contributed by atoms with Gasteiger partial charge in [0.05, 0.1) is 6.04 Å². The lowest BCUT2D eigenvalue weighted by Gasteiger charge is -2.14. The van der Waals surface area contributed by atoms with Crippen molar-refractivity contribution in [2.45, 2.75) is 32.7 Å². The molecular weight excluding hydrogens is 290 g/mol. The molecule has 0 spiro atoms. The van der Waals surface area contributed by atoms with Crippen LogP contribution in [0.4, 0.5) is 5.82 Å². The number of amides is 2. The van der Waals surface area contributed by atoms with Gasteiger partial charge in [-0.2, -0.15) is 0 Å². The van der Waals surface area contributed by atoms with E-state index in [1.54, 1.807) is 12.3 Å². The Bertz CT molecular complexity index is 671. The summed E-state index contributed by atoms with van der Waals surface area (Å²) in [6.07, 6.45) is 1.91. The Balaban J connectivity index is 1.76. The summed E-state index contributed by atoms with van der Waals surface area (Å²) in [6, 6.07) is 13.3. The van der Waals surface area contributed by atoms with Crippen molar-refractivity contribution < 1.29 is 9.59 Å². The highest BCUT2D eigenvalue weighted by Crippen LogP contribution is 2.11. The summed E-state index contributed by atoms with van der Waals surface area (Å²) in [7, 11) is 0. The van der Waals surface area contributed by atoms with Crippen LogP contribution < -0.4 is 10.6 Å². The number of rotatable bonds is 6. The molecule has 2 aromatic rings. The number of carbonyl (C=O) groups is 2. The van der Waals surface area contributed by atoms with Gasteiger partial charge in [-0.3, -0.25) is 9.59 Å². The van der Waals surface area contributed by atoms with Crippen molar-refractivity contribution in [1.29, 1.82) is 0 Å². The van der Waals surface area contributed by atoms with E-state index in [0.717, 1.165) is 11.1 Å². The SMILES string of the molecule is Cc1ccnc(NC(=O)CCC(=O)NC(C)c2ccccc2)c1. The lowest BCUT2D eigenvalue weighted by Crippen LogP contribution is -2.27. The van der Waals surface area contributed by atoms with E-state index in [1.807, 2.05) is 50.2 Å². The van der Waals surface area contributed by atoms with Crippen LogP contribution >= 0.6 is 0 Å². The third kappa shape index (κ3) is 5.54. The van der Waals surface area contributed by atoms with E-state index < -0.39 is 0 Å². The number of anilines is 1. The highest BCUT2D eigenvalue weighted by molar-refractivity contribution is 5.92. The first kappa shape index (κ1) is 16.7. The molecule has 0 fully saturated rings. The minimum atomic E-state index is -0.217. The molecule has 0 saturated heterocycles. The van der Waals surface area contributed by atoms with E-state index in [-0.39, 0.29) is 30.7 Å². The van der Waals surface area contributed by atoms with Crippen LogP contribution in [0, 0.1) is 6.92 Å². The molecule has 1 heterocycles. The topological polar surface area (TPSA) is 71.1 Å². The number of nitrogens with one attached hydrogen (secondary N) is 2. The molecule has 0 aliphatic heterocycles. The largest absolute Gasteiger partial charge is 0.350 e. The predicted octanol–water partition coefficient (Wildman–Crippen LogP) is 2.99. The summed E-state index contributed by atoms with van der Waals surface area (Å²) in [6.45, 7) is 3.85. The molecule has 0 bridgehead atoms. The molecule has 0 saturated carbocycles. The average Bonchev–Trinajstić information content (AvgIpc) is 2.54. The molecular formula is C18H21N3O2. The highest BCUT2D eigenvalue weighted by Gasteiger charge is 2.11. The minimum Gasteiger partial charge on any atom is -0.350 e. The first-order valence-electron chi connectivity index (χ1n) is 7.61. The summed E-state index contributed by atoms with van der Waals surface area (Å²) in [5.41, 5.74) is 2.05. The second-order valence-corrected chi connectivity index (χ2v) is 5.47. The molecule has 120 valence electrons. The van der Waals surface area contributed by atoms with Crippen LogP contribution in [0.5, 0.6) is 0 Å². The zero-order valence-corrected chi connectivity index (χ0v) is 13.4. The lowest BCUT2D eigenvalue weighted by atomic mass is 10.1. The predicted molar refractivity (Wildman–Crippen MR) is 89.8 cm³/mol. The molecule has 1 atom stereocenters. The van der Waals surface area contributed by atoms with Crippen molar-refractivity contribution in [3.63, 3.8) is 0 Å². The number of pyridine rings is 1. The van der Waals surface area contributed by atoms with Crippen molar-refractivity contribution in [2.24, 2.45) is 0 Å². The van der Waals surface area contributed by atoms with Gasteiger partial charge in [-0.25, -0.2) is 4.98 Å². The first-order chi connectivity index (χ1) is 11.0. The number of nitrogens with zero attached hydrogens (tertiary/aromatic N) is 1. The van der Waals surface area contributed by atoms with Crippen LogP contribution in [0.15, 0.2) is 48.7 Å². The van der Waals surface area contributed by atoms with Crippen molar-refractivity contribution in [1.82, 2.24) is 10.3 Å². The molecule has 1 unspecified atom stereocenters. The quantitative estimate of drug-likeness (QED) is 0.861. The molecule has 2 amide bonds. The van der Waals surface area contributed by atoms with Crippen molar-refractivity contribution >= 4 is 17.6 Å². The number of hydrogen-bond acceptors (Lipinski definition) is 3. The monoisotopic (exact) mass is 311 g/mol. The second kappa shape index (κ2) is 8.08. The van der Waals surface area contributed by atoms with Crippen LogP contribution in [0.3, 0.4) is 0 Å². The van der Waals surface area contributed by atoms with Crippen molar-refractivity contribution in [2.75, 3.05) is 5.32 Å². The van der Waals surface area contributed by atoms with Gasteiger partial charge in [0.15, 0.2) is 0 Å². The van der Waals surface area contributed by atoms with Gasteiger partial charge in [0.25, 0.3) is 0 Å². The van der Waals surface area contributed by atoms with Crippen LogP contribution in [0.25, 0.3) is 0 Å². The van der Waals surface area contributed by atoms with Crippen LogP contribution in [0.1, 0.15) is 36.9 Å². The normalized spacial score (nSPS) is 11.6. The van der Waals surface area contributed by atoms with E-state index in [1.165, 1.54) is 0 Å². The molecule has 23 heavy (non-hydrogen) atoms. The Morgan fingerprint density at radius 2 is 1.78 bits per heavy atom. The highest BCUT2D eigenvalue weighted by atomic mass is 16.2. The third-order valence-electron chi connectivity index (χ3n) is 3.44. The molecule has 0 aliphatic carbocycles. The fourth-order valence-corrected chi connectivity index (χ4v) is 2.18. The average molecular weight is 311 g/mol. The van der Waals surface area contributed by atoms with E-state index in [4.69, 9.17) is 0 Å². The van der Waals surface area contributed by atoms with Gasteiger partial charge < -0.3 is 10.6 Å². The number of aromatic nitrogens is 1. The van der Waals surface area contributed by atoms with E-state index in [2.05, 4.69) is 15.6 Å². The maximum atomic E-state index is 11.9. The molecule has 0 radical (unpaired) electrons. The third-order valence-corrected chi connectivity index (χ3v) is 3.44. The summed E-state index contributed by atoms with van der Waals surface area (Å²) < 4.78 is 0. The van der Waals surface area contributed by atoms with Crippen molar-refractivity contribution in [3.8, 4) is 0 Å². The summed E-state index contributed by atoms with van der Waals surface area (Å²) >= 11 is 0. The Morgan fingerprint density at radius 3 is 2.48 bits per heavy atom. The lowest BCUT2D eigenvalue weighted by molar-refractivity contribution is -0.124. The fraction of sp³-hybridized carbons (Fsp3) is 0.278. The van der Waals surface area contributed by atoms with E-state index in [0.29, 0.717) is 5.82 Å². The Labute approximate surface area is 136 Å². The number of benzene rings is 1. The van der Waals surface area contributed by atoms with Crippen LogP contribution in [-0.4, -0.2) is 16.8 Å². The van der Waals surface area contributed by atoms with Gasteiger partial charge in [0.2, 0.25) is 11.8 Å². The van der Waals surface area contributed by atoms with Gasteiger partial charge in [0, 0.05) is 19.0 Å². The molecule has 2 N–H and O–H groups in total. The van der Waals surface area contributed by atoms with Gasteiger partial charge in [0.1, 0.15) is 5.82 Å². The van der Waals surface area contributed by atoms with Gasteiger partial charge in [-0.15, -0.1) is 0 Å². The molecule has 0 aliphatic rings. The van der Waals surface area contributed by atoms with Crippen molar-refractivity contribution in [3.05, 3.63) is 59.8 Å². The molecule has 5 nitrogen and oxygen atoms in total. The van der Waals surface area contributed by atoms with Gasteiger partial charge >= 0.3 is 0 Å². The van der Waals surface area contributed by atoms with Gasteiger partial charge in [-0.1, -0.05) is 30.3 Å². The van der Waals surface area contributed by atoms with Crippen LogP contribution in [-0.2, 0) is 9.59 Å². The minimum absolute atomic E-state index is 0.0785. The maximum Gasteiger partial charge on any atom is 0.226 e. The zero-order valence-electron chi connectivity index (χ0n) is 13.4. The number of carbonyl (C=O) groups excluding carboxylic acids is 2. The summed E-state index contributed by atoms with van der Waals surface area (Å²) in [5, 5.41) is 5.58. The fourth-order valence-electron chi connectivity index (χ4n) is 2.18. The standard InChI is InChI=1S/C18H21N3O2/c1-13-10-11-19-16(12-13)21-18(23)9-8-17(22)20-14(2)15-6-4-3-5-7-15/h3-7,10-12,14H,8-9H2,1-2H3,(H,20,22)(H,19,21,23). The summed E-state index contributed by atoms with van der Waals surface area (Å²) in [5.74, 6) is 0.146. The van der Waals surface area contributed by atoms with E-state index >= 15 is 0 Å². The molecule has 1 aromatic carbocycles.